The highest BCUT2D eigenvalue weighted by Gasteiger charge is 2.23. The van der Waals surface area contributed by atoms with E-state index in [4.69, 9.17) is 16.3 Å². The van der Waals surface area contributed by atoms with Crippen LogP contribution < -0.4 is 5.32 Å². The third kappa shape index (κ3) is 4.34. The quantitative estimate of drug-likeness (QED) is 0.659. The van der Waals surface area contributed by atoms with Crippen LogP contribution in [0.4, 0.5) is 10.1 Å². The van der Waals surface area contributed by atoms with Crippen LogP contribution in [0.1, 0.15) is 23.1 Å². The van der Waals surface area contributed by atoms with Crippen LogP contribution in [0, 0.1) is 12.7 Å². The van der Waals surface area contributed by atoms with Gasteiger partial charge in [-0.05, 0) is 44.2 Å². The van der Waals surface area contributed by atoms with Gasteiger partial charge in [0.2, 0.25) is 0 Å². The molecule has 0 aliphatic heterocycles. The summed E-state index contributed by atoms with van der Waals surface area (Å²) < 4.78 is 18.4. The zero-order chi connectivity index (χ0) is 20.3. The molecule has 0 radical (unpaired) electrons. The van der Waals surface area contributed by atoms with Gasteiger partial charge in [0.05, 0.1) is 16.4 Å². The van der Waals surface area contributed by atoms with Crippen LogP contribution in [0.25, 0.3) is 5.69 Å². The maximum Gasteiger partial charge on any atom is 0.361 e. The van der Waals surface area contributed by atoms with Gasteiger partial charge in [-0.1, -0.05) is 29.8 Å². The first kappa shape index (κ1) is 19.5. The summed E-state index contributed by atoms with van der Waals surface area (Å²) in [5.74, 6) is -1.97. The van der Waals surface area contributed by atoms with E-state index >= 15 is 0 Å². The molecule has 1 amide bonds. The van der Waals surface area contributed by atoms with E-state index in [0.717, 1.165) is 6.07 Å². The third-order valence-corrected chi connectivity index (χ3v) is 4.09. The second kappa shape index (κ2) is 8.18. The Morgan fingerprint density at radius 3 is 2.57 bits per heavy atom. The molecule has 3 aromatic rings. The van der Waals surface area contributed by atoms with Crippen molar-refractivity contribution in [1.82, 2.24) is 15.0 Å². The van der Waals surface area contributed by atoms with Gasteiger partial charge in [0.1, 0.15) is 5.82 Å². The number of esters is 1. The van der Waals surface area contributed by atoms with Crippen LogP contribution in [0.15, 0.2) is 48.5 Å². The Kier molecular flexibility index (Phi) is 5.70. The normalized spacial score (nSPS) is 11.7. The van der Waals surface area contributed by atoms with Crippen LogP contribution in [0.5, 0.6) is 0 Å². The zero-order valence-electron chi connectivity index (χ0n) is 15.0. The van der Waals surface area contributed by atoms with E-state index in [2.05, 4.69) is 15.5 Å². The summed E-state index contributed by atoms with van der Waals surface area (Å²) in [7, 11) is 0. The lowest BCUT2D eigenvalue weighted by atomic mass is 10.3. The van der Waals surface area contributed by atoms with Gasteiger partial charge in [0.15, 0.2) is 11.8 Å². The van der Waals surface area contributed by atoms with Crippen LogP contribution in [-0.4, -0.2) is 33.0 Å². The monoisotopic (exact) mass is 402 g/mol. The van der Waals surface area contributed by atoms with Gasteiger partial charge in [-0.15, -0.1) is 5.10 Å². The van der Waals surface area contributed by atoms with Crippen molar-refractivity contribution < 1.29 is 18.7 Å². The predicted molar refractivity (Wildman–Crippen MR) is 101 cm³/mol. The number of nitrogens with one attached hydrogen (secondary N) is 1. The number of nitrogens with zero attached hydrogens (tertiary/aromatic N) is 3. The van der Waals surface area contributed by atoms with E-state index in [9.17, 15) is 14.0 Å². The molecule has 2 aromatic carbocycles. The second-order valence-electron chi connectivity index (χ2n) is 5.92. The highest BCUT2D eigenvalue weighted by molar-refractivity contribution is 6.31. The number of halogens is 2. The number of hydrogen-bond donors (Lipinski definition) is 1. The lowest BCUT2D eigenvalue weighted by Gasteiger charge is -2.13. The number of anilines is 1. The molecule has 0 unspecified atom stereocenters. The summed E-state index contributed by atoms with van der Waals surface area (Å²) in [6.07, 6.45) is -1.11. The first-order valence-electron chi connectivity index (χ1n) is 8.31. The molecule has 1 heterocycles. The average Bonchev–Trinajstić information content (AvgIpc) is 3.07. The molecule has 0 aliphatic carbocycles. The Balaban J connectivity index is 1.67. The molecule has 1 N–H and O–H groups in total. The Labute approximate surface area is 165 Å². The van der Waals surface area contributed by atoms with Crippen molar-refractivity contribution in [1.29, 1.82) is 0 Å². The molecule has 0 aliphatic rings. The minimum absolute atomic E-state index is 0.00771. The number of carbonyl (C=O) groups excluding carboxylic acids is 2. The van der Waals surface area contributed by atoms with E-state index in [1.165, 1.54) is 23.9 Å². The Hall–Kier alpha value is -3.26. The van der Waals surface area contributed by atoms with Crippen molar-refractivity contribution in [2.45, 2.75) is 20.0 Å². The number of aromatic nitrogens is 3. The fourth-order valence-corrected chi connectivity index (χ4v) is 2.51. The average molecular weight is 403 g/mol. The Morgan fingerprint density at radius 2 is 1.89 bits per heavy atom. The third-order valence-electron chi connectivity index (χ3n) is 3.80. The van der Waals surface area contributed by atoms with Crippen molar-refractivity contribution in [2.75, 3.05) is 5.32 Å². The number of carbonyl (C=O) groups is 2. The van der Waals surface area contributed by atoms with Crippen molar-refractivity contribution in [2.24, 2.45) is 0 Å². The highest BCUT2D eigenvalue weighted by atomic mass is 35.5. The SMILES string of the molecule is Cc1nn(-c2ccccc2)nc1C(=O)O[C@@H](C)C(=O)Nc1ccc(F)c(Cl)c1. The summed E-state index contributed by atoms with van der Waals surface area (Å²) in [5, 5.41) is 10.7. The van der Waals surface area contributed by atoms with E-state index < -0.39 is 23.8 Å². The highest BCUT2D eigenvalue weighted by Crippen LogP contribution is 2.19. The van der Waals surface area contributed by atoms with Gasteiger partial charge in [-0.3, -0.25) is 4.79 Å². The summed E-state index contributed by atoms with van der Waals surface area (Å²) >= 11 is 5.68. The van der Waals surface area contributed by atoms with Gasteiger partial charge < -0.3 is 10.1 Å². The molecule has 0 bridgehead atoms. The van der Waals surface area contributed by atoms with Crippen molar-refractivity contribution in [3.05, 3.63) is 70.8 Å². The van der Waals surface area contributed by atoms with Gasteiger partial charge in [-0.2, -0.15) is 9.90 Å². The largest absolute Gasteiger partial charge is 0.448 e. The number of ether oxygens (including phenoxy) is 1. The first-order valence-corrected chi connectivity index (χ1v) is 8.69. The van der Waals surface area contributed by atoms with Crippen LogP contribution >= 0.6 is 11.6 Å². The molecule has 1 aromatic heterocycles. The molecule has 0 saturated heterocycles. The van der Waals surface area contributed by atoms with Gasteiger partial charge in [-0.25, -0.2) is 9.18 Å². The molecule has 3 rings (SSSR count). The van der Waals surface area contributed by atoms with Gasteiger partial charge in [0.25, 0.3) is 5.91 Å². The molecule has 0 saturated carbocycles. The van der Waals surface area contributed by atoms with Crippen LogP contribution in [0.2, 0.25) is 5.02 Å². The fraction of sp³-hybridized carbons (Fsp3) is 0.158. The van der Waals surface area contributed by atoms with Crippen molar-refractivity contribution >= 4 is 29.2 Å². The smallest absolute Gasteiger partial charge is 0.361 e. The molecule has 7 nitrogen and oxygen atoms in total. The maximum absolute atomic E-state index is 13.2. The van der Waals surface area contributed by atoms with E-state index in [1.54, 1.807) is 19.1 Å². The summed E-state index contributed by atoms with van der Waals surface area (Å²) in [4.78, 5) is 25.9. The molecule has 144 valence electrons. The second-order valence-corrected chi connectivity index (χ2v) is 6.33. The number of aryl methyl sites for hydroxylation is 1. The minimum Gasteiger partial charge on any atom is -0.448 e. The number of benzene rings is 2. The zero-order valence-corrected chi connectivity index (χ0v) is 15.8. The van der Waals surface area contributed by atoms with E-state index in [1.807, 2.05) is 18.2 Å². The molecular weight excluding hydrogens is 387 g/mol. The lowest BCUT2D eigenvalue weighted by molar-refractivity contribution is -0.123. The standard InChI is InChI=1S/C19H16ClFN4O3/c1-11-17(24-25(23-11)14-6-4-3-5-7-14)19(27)28-12(2)18(26)22-13-8-9-16(21)15(20)10-13/h3-10,12H,1-2H3,(H,22,26)/t12-/m0/s1. The summed E-state index contributed by atoms with van der Waals surface area (Å²) in [5.41, 5.74) is 1.34. The van der Waals surface area contributed by atoms with Gasteiger partial charge in [0, 0.05) is 5.69 Å². The number of para-hydroxylation sites is 1. The Bertz CT molecular complexity index is 1020. The lowest BCUT2D eigenvalue weighted by Crippen LogP contribution is -2.30. The van der Waals surface area contributed by atoms with E-state index in [-0.39, 0.29) is 16.4 Å². The van der Waals surface area contributed by atoms with Gasteiger partial charge >= 0.3 is 5.97 Å². The molecule has 28 heavy (non-hydrogen) atoms. The number of rotatable bonds is 5. The topological polar surface area (TPSA) is 86.1 Å². The van der Waals surface area contributed by atoms with Crippen LogP contribution in [0.3, 0.4) is 0 Å². The fourth-order valence-electron chi connectivity index (χ4n) is 2.33. The summed E-state index contributed by atoms with van der Waals surface area (Å²) in [6.45, 7) is 3.03. The molecule has 0 spiro atoms. The van der Waals surface area contributed by atoms with Crippen LogP contribution in [-0.2, 0) is 9.53 Å². The molecule has 9 heteroatoms. The predicted octanol–water partition coefficient (Wildman–Crippen LogP) is 3.55. The Morgan fingerprint density at radius 1 is 1.18 bits per heavy atom. The molecule has 1 atom stereocenters. The minimum atomic E-state index is -1.11. The van der Waals surface area contributed by atoms with Crippen molar-refractivity contribution in [3.63, 3.8) is 0 Å². The molecule has 0 fully saturated rings. The maximum atomic E-state index is 13.2. The van der Waals surface area contributed by atoms with E-state index in [0.29, 0.717) is 11.4 Å². The van der Waals surface area contributed by atoms with Crippen molar-refractivity contribution in [3.8, 4) is 5.69 Å². The summed E-state index contributed by atoms with van der Waals surface area (Å²) in [6, 6.07) is 12.8. The first-order chi connectivity index (χ1) is 13.3. The number of hydrogen-bond acceptors (Lipinski definition) is 5. The molecular formula is C19H16ClFN4O3. The number of amides is 1.